The summed E-state index contributed by atoms with van der Waals surface area (Å²) >= 11 is 0. The van der Waals surface area contributed by atoms with Gasteiger partial charge >= 0.3 is 0 Å². The van der Waals surface area contributed by atoms with E-state index in [0.717, 1.165) is 0 Å². The molecule has 186 valence electrons. The van der Waals surface area contributed by atoms with Gasteiger partial charge in [-0.2, -0.15) is 0 Å². The maximum atomic E-state index is 9.69. The average molecular weight is 526 g/mol. The summed E-state index contributed by atoms with van der Waals surface area (Å²) in [7, 11) is 0. The van der Waals surface area contributed by atoms with Gasteiger partial charge in [-0.25, -0.2) is 0 Å². The molecule has 0 heterocycles. The van der Waals surface area contributed by atoms with Gasteiger partial charge in [0.2, 0.25) is 0 Å². The Kier molecular flexibility index (Phi) is 2.48. The zero-order valence-electron chi connectivity index (χ0n) is 39.5. The predicted molar refractivity (Wildman–Crippen MR) is 173 cm³/mol. The summed E-state index contributed by atoms with van der Waals surface area (Å²) in [6.07, 6.45) is 0. The van der Waals surface area contributed by atoms with E-state index in [9.17, 15) is 11.0 Å². The summed E-state index contributed by atoms with van der Waals surface area (Å²) in [6.45, 7) is 0. The zero-order chi connectivity index (χ0) is 43.0. The summed E-state index contributed by atoms with van der Waals surface area (Å²) in [4.78, 5) is 0. The molecule has 0 atom stereocenters. The van der Waals surface area contributed by atoms with Crippen LogP contribution in [-0.2, 0) is 0 Å². The van der Waals surface area contributed by atoms with E-state index in [0.29, 0.717) is 16.3 Å². The van der Waals surface area contributed by atoms with Crippen LogP contribution in [0.1, 0.15) is 26.0 Å². The summed E-state index contributed by atoms with van der Waals surface area (Å²) in [5.74, 6) is 0. The van der Waals surface area contributed by atoms with Crippen molar-refractivity contribution in [1.29, 1.82) is 0 Å². The summed E-state index contributed by atoms with van der Waals surface area (Å²) < 4.78 is 170. The van der Waals surface area contributed by atoms with Gasteiger partial charge < -0.3 is 0 Å². The molecule has 8 aromatic carbocycles. The molecule has 8 aromatic rings. The smallest absolute Gasteiger partial charge is 0.0616 e. The maximum absolute atomic E-state index is 9.69. The molecule has 8 rings (SSSR count). The number of benzene rings is 8. The SMILES string of the molecule is [2H]c1c([2H])c(-c2cccc3ccccc23)c([2H])c(-c2c3c([2H])c([2H])c([2H])c([2H])c3c(-c3c([2H])c([2H])c4c([2H])c([2H])c([2H])c([2H])c4c3[2H])c3c([2H])c([2H])c([2H])c([2H])c23)c1[2H]. The Morgan fingerprint density at radius 3 is 1.65 bits per heavy atom. The van der Waals surface area contributed by atoms with Crippen molar-refractivity contribution in [3.05, 3.63) is 157 Å². The lowest BCUT2D eigenvalue weighted by molar-refractivity contribution is 1.63. The Hall–Kier alpha value is -5.20. The van der Waals surface area contributed by atoms with Crippen molar-refractivity contribution in [2.24, 2.45) is 0 Å². The molecular weight excluding hydrogens is 480 g/mol. The Morgan fingerprint density at radius 1 is 0.350 bits per heavy atom. The van der Waals surface area contributed by atoms with Gasteiger partial charge in [-0.05, 0) is 88.6 Å². The lowest BCUT2D eigenvalue weighted by Gasteiger charge is -2.18. The Labute approximate surface area is 260 Å². The molecule has 0 nitrogen and oxygen atoms in total. The van der Waals surface area contributed by atoms with Crippen molar-refractivity contribution >= 4 is 43.1 Å². The fourth-order valence-electron chi connectivity index (χ4n) is 5.08. The van der Waals surface area contributed by atoms with Crippen molar-refractivity contribution in [2.45, 2.75) is 0 Å². The second-order valence-electron chi connectivity index (χ2n) is 9.03. The first-order valence-corrected chi connectivity index (χ1v) is 12.3. The molecule has 0 unspecified atom stereocenters. The molecule has 40 heavy (non-hydrogen) atoms. The van der Waals surface area contributed by atoms with E-state index in [4.69, 9.17) is 15.1 Å². The van der Waals surface area contributed by atoms with Crippen LogP contribution in [0.2, 0.25) is 0 Å². The van der Waals surface area contributed by atoms with Gasteiger partial charge in [-0.3, -0.25) is 0 Å². The second kappa shape index (κ2) is 9.22. The number of hydrogen-bond donors (Lipinski definition) is 0. The third-order valence-electron chi connectivity index (χ3n) is 6.81. The lowest BCUT2D eigenvalue weighted by Crippen LogP contribution is -1.91. The van der Waals surface area contributed by atoms with Crippen molar-refractivity contribution in [3.8, 4) is 33.4 Å². The minimum atomic E-state index is -0.852. The van der Waals surface area contributed by atoms with Gasteiger partial charge in [0.1, 0.15) is 0 Å². The first-order chi connectivity index (χ1) is 27.8. The fraction of sp³-hybridized carbons (Fsp3) is 0. The van der Waals surface area contributed by atoms with E-state index >= 15 is 0 Å². The highest BCUT2D eigenvalue weighted by Gasteiger charge is 2.17. The molecule has 0 fully saturated rings. The maximum Gasteiger partial charge on any atom is 0.0636 e. The summed E-state index contributed by atoms with van der Waals surface area (Å²) in [5, 5.41) is -1.86. The highest BCUT2D eigenvalue weighted by Crippen LogP contribution is 2.44. The van der Waals surface area contributed by atoms with E-state index in [1.165, 1.54) is 0 Å². The van der Waals surface area contributed by atoms with Crippen LogP contribution in [0.15, 0.2) is 157 Å². The molecule has 0 aliphatic heterocycles. The van der Waals surface area contributed by atoms with Crippen molar-refractivity contribution in [2.75, 3.05) is 0 Å². The standard InChI is InChI=1S/C40H26/c1-2-13-29-25-32(24-23-27(29)11-1)40-37-20-7-5-18-35(37)39(36-19-6-8-21-38(36)40)31-16-9-15-30(26-31)34-22-10-14-28-12-3-4-17-33(28)34/h1-26H/i1D,2D,5D,6D,7D,8D,9D,11D,13D,15D,16D,18D,19D,20D,21D,23D,24D,25D,26D. The van der Waals surface area contributed by atoms with Crippen LogP contribution in [0, 0.1) is 0 Å². The first kappa shape index (κ1) is 10.8. The van der Waals surface area contributed by atoms with Gasteiger partial charge in [-0.1, -0.05) is 145 Å². The molecule has 0 aliphatic rings. The van der Waals surface area contributed by atoms with Crippen LogP contribution in [-0.4, -0.2) is 0 Å². The topological polar surface area (TPSA) is 0 Å². The zero-order valence-corrected chi connectivity index (χ0v) is 20.5. The van der Waals surface area contributed by atoms with E-state index in [1.54, 1.807) is 42.5 Å². The van der Waals surface area contributed by atoms with Crippen LogP contribution in [0.4, 0.5) is 0 Å². The van der Waals surface area contributed by atoms with Gasteiger partial charge in [-0.15, -0.1) is 0 Å². The molecule has 0 bridgehead atoms. The van der Waals surface area contributed by atoms with Gasteiger partial charge in [0.05, 0.1) is 26.0 Å². The van der Waals surface area contributed by atoms with E-state index in [1.807, 2.05) is 0 Å². The van der Waals surface area contributed by atoms with Gasteiger partial charge in [0, 0.05) is 0 Å². The van der Waals surface area contributed by atoms with Gasteiger partial charge in [0.15, 0.2) is 0 Å². The molecular formula is C40H26. The molecule has 0 heteroatoms. The third kappa shape index (κ3) is 3.61. The van der Waals surface area contributed by atoms with Crippen molar-refractivity contribution in [1.82, 2.24) is 0 Å². The summed E-state index contributed by atoms with van der Waals surface area (Å²) in [6, 6.07) is -2.54. The van der Waals surface area contributed by atoms with Crippen molar-refractivity contribution in [3.63, 3.8) is 0 Å². The molecule has 0 saturated heterocycles. The molecule has 0 amide bonds. The largest absolute Gasteiger partial charge is 0.0636 e. The van der Waals surface area contributed by atoms with Crippen LogP contribution in [0.5, 0.6) is 0 Å². The number of rotatable bonds is 3. The fourth-order valence-corrected chi connectivity index (χ4v) is 5.08. The van der Waals surface area contributed by atoms with Gasteiger partial charge in [0.25, 0.3) is 0 Å². The lowest BCUT2D eigenvalue weighted by atomic mass is 9.85. The van der Waals surface area contributed by atoms with Crippen LogP contribution in [0.3, 0.4) is 0 Å². The Bertz CT molecular complexity index is 3180. The molecule has 0 saturated carbocycles. The number of hydrogen-bond acceptors (Lipinski definition) is 0. The molecule has 0 aromatic heterocycles. The predicted octanol–water partition coefficient (Wildman–Crippen LogP) is 11.3. The van der Waals surface area contributed by atoms with Crippen molar-refractivity contribution < 1.29 is 26.0 Å². The normalized spacial score (nSPS) is 18.1. The quantitative estimate of drug-likeness (QED) is 0.201. The van der Waals surface area contributed by atoms with E-state index in [-0.39, 0.29) is 5.56 Å². The Balaban J connectivity index is 1.73. The highest BCUT2D eigenvalue weighted by molar-refractivity contribution is 6.22. The highest BCUT2D eigenvalue weighted by atomic mass is 14.2. The molecule has 0 aliphatic carbocycles. The summed E-state index contributed by atoms with van der Waals surface area (Å²) in [5.41, 5.74) is -2.00. The van der Waals surface area contributed by atoms with Crippen LogP contribution >= 0.6 is 0 Å². The molecule has 0 spiro atoms. The minimum absolute atomic E-state index is 0.144. The third-order valence-corrected chi connectivity index (χ3v) is 6.81. The number of fused-ring (bicyclic) bond motifs is 4. The van der Waals surface area contributed by atoms with Crippen LogP contribution in [0.25, 0.3) is 76.5 Å². The molecule has 0 N–H and O–H groups in total. The first-order valence-electron chi connectivity index (χ1n) is 21.8. The monoisotopic (exact) mass is 525 g/mol. The minimum Gasteiger partial charge on any atom is -0.0616 e. The molecule has 0 radical (unpaired) electrons. The van der Waals surface area contributed by atoms with Crippen LogP contribution < -0.4 is 0 Å². The van der Waals surface area contributed by atoms with E-state index < -0.39 is 169 Å². The Morgan fingerprint density at radius 2 is 0.925 bits per heavy atom. The van der Waals surface area contributed by atoms with E-state index in [2.05, 4.69) is 0 Å². The average Bonchev–Trinajstić information content (AvgIpc) is 3.22. The second-order valence-corrected chi connectivity index (χ2v) is 9.03.